The normalized spacial score (nSPS) is 9.00. The molecule has 6 heteroatoms. The molecule has 1 aromatic carbocycles. The molecular formula is C7H11N5O. The summed E-state index contributed by atoms with van der Waals surface area (Å²) in [5.41, 5.74) is 13.5. The summed E-state index contributed by atoms with van der Waals surface area (Å²) in [4.78, 5) is 10.6. The molecule has 0 radical (unpaired) electrons. The highest BCUT2D eigenvalue weighted by Gasteiger charge is 1.97. The predicted molar refractivity (Wildman–Crippen MR) is 50.3 cm³/mol. The fraction of sp³-hybridized carbons (Fsp3) is 0. The van der Waals surface area contributed by atoms with Crippen LogP contribution in [0.1, 0.15) is 0 Å². The van der Waals surface area contributed by atoms with Gasteiger partial charge in [0.2, 0.25) is 0 Å². The van der Waals surface area contributed by atoms with Crippen LogP contribution in [0.15, 0.2) is 24.3 Å². The molecule has 0 aliphatic carbocycles. The first kappa shape index (κ1) is 9.14. The summed E-state index contributed by atoms with van der Waals surface area (Å²) in [6.45, 7) is 0. The van der Waals surface area contributed by atoms with Gasteiger partial charge in [0.05, 0.1) is 11.4 Å². The molecule has 1 rings (SSSR count). The number of nitrogens with two attached hydrogens (primary N) is 2. The Kier molecular flexibility index (Phi) is 2.93. The quantitative estimate of drug-likeness (QED) is 0.188. The molecule has 0 saturated carbocycles. The van der Waals surface area contributed by atoms with Gasteiger partial charge >= 0.3 is 6.03 Å². The summed E-state index contributed by atoms with van der Waals surface area (Å²) in [6.07, 6.45) is 0. The number of carbonyl (C=O) groups excluding carboxylic acids is 1. The molecule has 0 aliphatic rings. The highest BCUT2D eigenvalue weighted by atomic mass is 16.2. The molecule has 0 aromatic heterocycles. The number of rotatable bonds is 2. The van der Waals surface area contributed by atoms with E-state index in [0.29, 0.717) is 11.4 Å². The van der Waals surface area contributed by atoms with Crippen molar-refractivity contribution in [3.63, 3.8) is 0 Å². The molecule has 1 aromatic rings. The lowest BCUT2D eigenvalue weighted by Gasteiger charge is -2.09. The molecule has 6 nitrogen and oxygen atoms in total. The van der Waals surface area contributed by atoms with E-state index in [2.05, 4.69) is 10.9 Å². The maximum absolute atomic E-state index is 10.6. The van der Waals surface area contributed by atoms with Gasteiger partial charge in [-0.3, -0.25) is 16.3 Å². The Hall–Kier alpha value is -1.95. The minimum Gasteiger partial charge on any atom is -0.397 e. The van der Waals surface area contributed by atoms with Crippen LogP contribution in [-0.4, -0.2) is 6.03 Å². The van der Waals surface area contributed by atoms with Crippen molar-refractivity contribution in [3.05, 3.63) is 24.3 Å². The van der Waals surface area contributed by atoms with E-state index < -0.39 is 6.03 Å². The van der Waals surface area contributed by atoms with Crippen molar-refractivity contribution < 1.29 is 4.79 Å². The number of anilines is 2. The van der Waals surface area contributed by atoms with Crippen LogP contribution in [-0.2, 0) is 0 Å². The Morgan fingerprint density at radius 2 is 2.00 bits per heavy atom. The zero-order chi connectivity index (χ0) is 9.68. The lowest BCUT2D eigenvalue weighted by molar-refractivity contribution is 0.243. The van der Waals surface area contributed by atoms with Crippen LogP contribution in [0.4, 0.5) is 16.2 Å². The van der Waals surface area contributed by atoms with E-state index >= 15 is 0 Å². The first-order valence-corrected chi connectivity index (χ1v) is 3.61. The topological polar surface area (TPSA) is 105 Å². The Morgan fingerprint density at radius 1 is 1.31 bits per heavy atom. The van der Waals surface area contributed by atoms with Crippen LogP contribution >= 0.6 is 0 Å². The van der Waals surface area contributed by atoms with Crippen molar-refractivity contribution in [2.45, 2.75) is 0 Å². The SMILES string of the molecule is NNC(=O)NNc1ccccc1N. The minimum atomic E-state index is -0.539. The maximum Gasteiger partial charge on any atom is 0.347 e. The molecule has 2 amide bonds. The van der Waals surface area contributed by atoms with Gasteiger partial charge in [0.15, 0.2) is 0 Å². The molecule has 0 atom stereocenters. The molecule has 0 heterocycles. The third-order valence-corrected chi connectivity index (χ3v) is 1.40. The second kappa shape index (κ2) is 4.17. The van der Waals surface area contributed by atoms with Crippen molar-refractivity contribution in [1.82, 2.24) is 10.9 Å². The van der Waals surface area contributed by atoms with E-state index in [0.717, 1.165) is 0 Å². The van der Waals surface area contributed by atoms with Gasteiger partial charge in [-0.2, -0.15) is 0 Å². The average Bonchev–Trinajstić information content (AvgIpc) is 2.16. The monoisotopic (exact) mass is 181 g/mol. The molecule has 0 fully saturated rings. The molecular weight excluding hydrogens is 170 g/mol. The predicted octanol–water partition coefficient (Wildman–Crippen LogP) is -0.231. The van der Waals surface area contributed by atoms with E-state index in [1.807, 2.05) is 5.43 Å². The fourth-order valence-electron chi connectivity index (χ4n) is 0.771. The standard InChI is InChI=1S/C7H11N5O/c8-5-3-1-2-4-6(5)11-12-7(13)10-9/h1-4,11H,8-9H2,(H2,10,12,13). The third-order valence-electron chi connectivity index (χ3n) is 1.40. The number of nitrogen functional groups attached to an aromatic ring is 1. The lowest BCUT2D eigenvalue weighted by atomic mass is 10.3. The maximum atomic E-state index is 10.6. The zero-order valence-corrected chi connectivity index (χ0v) is 6.87. The molecule has 0 unspecified atom stereocenters. The summed E-state index contributed by atoms with van der Waals surface area (Å²) in [6, 6.07) is 6.49. The lowest BCUT2D eigenvalue weighted by Crippen LogP contribution is -2.42. The Balaban J connectivity index is 2.54. The molecule has 7 N–H and O–H groups in total. The molecule has 13 heavy (non-hydrogen) atoms. The van der Waals surface area contributed by atoms with Gasteiger partial charge in [0.25, 0.3) is 0 Å². The van der Waals surface area contributed by atoms with Gasteiger partial charge in [0.1, 0.15) is 0 Å². The van der Waals surface area contributed by atoms with Gasteiger partial charge in [-0.05, 0) is 12.1 Å². The Morgan fingerprint density at radius 3 is 2.62 bits per heavy atom. The number of urea groups is 1. The van der Waals surface area contributed by atoms with Gasteiger partial charge in [-0.25, -0.2) is 10.6 Å². The van der Waals surface area contributed by atoms with Crippen molar-refractivity contribution in [3.8, 4) is 0 Å². The van der Waals surface area contributed by atoms with Gasteiger partial charge in [-0.15, -0.1) is 0 Å². The number of hydrazine groups is 2. The Labute approximate surface area is 75.2 Å². The number of hydrogen-bond acceptors (Lipinski definition) is 4. The molecule has 0 bridgehead atoms. The number of para-hydroxylation sites is 2. The first-order valence-electron chi connectivity index (χ1n) is 3.61. The summed E-state index contributed by atoms with van der Waals surface area (Å²) in [5.74, 6) is 4.84. The van der Waals surface area contributed by atoms with E-state index in [1.54, 1.807) is 24.3 Å². The van der Waals surface area contributed by atoms with Crippen molar-refractivity contribution >= 4 is 17.4 Å². The van der Waals surface area contributed by atoms with E-state index in [9.17, 15) is 4.79 Å². The number of hydrogen-bond donors (Lipinski definition) is 5. The highest BCUT2D eigenvalue weighted by Crippen LogP contribution is 2.14. The largest absolute Gasteiger partial charge is 0.397 e. The van der Waals surface area contributed by atoms with Crippen LogP contribution < -0.4 is 27.9 Å². The van der Waals surface area contributed by atoms with Gasteiger partial charge in [0, 0.05) is 0 Å². The van der Waals surface area contributed by atoms with Crippen molar-refractivity contribution in [2.24, 2.45) is 5.84 Å². The summed E-state index contributed by atoms with van der Waals surface area (Å²) < 4.78 is 0. The second-order valence-corrected chi connectivity index (χ2v) is 2.31. The van der Waals surface area contributed by atoms with Crippen LogP contribution in [0.25, 0.3) is 0 Å². The number of carbonyl (C=O) groups is 1. The summed E-state index contributed by atoms with van der Waals surface area (Å²) in [7, 11) is 0. The number of benzene rings is 1. The Bertz CT molecular complexity index is 301. The van der Waals surface area contributed by atoms with Gasteiger partial charge < -0.3 is 5.73 Å². The molecule has 0 aliphatic heterocycles. The molecule has 0 saturated heterocycles. The van der Waals surface area contributed by atoms with Crippen LogP contribution in [0.5, 0.6) is 0 Å². The zero-order valence-electron chi connectivity index (χ0n) is 6.87. The molecule has 0 spiro atoms. The molecule has 70 valence electrons. The summed E-state index contributed by atoms with van der Waals surface area (Å²) >= 11 is 0. The third kappa shape index (κ3) is 2.53. The van der Waals surface area contributed by atoms with Crippen LogP contribution in [0.2, 0.25) is 0 Å². The van der Waals surface area contributed by atoms with Gasteiger partial charge in [-0.1, -0.05) is 12.1 Å². The smallest absolute Gasteiger partial charge is 0.347 e. The van der Waals surface area contributed by atoms with Crippen LogP contribution in [0, 0.1) is 0 Å². The highest BCUT2D eigenvalue weighted by molar-refractivity contribution is 5.76. The van der Waals surface area contributed by atoms with Crippen LogP contribution in [0.3, 0.4) is 0 Å². The fourth-order valence-corrected chi connectivity index (χ4v) is 0.771. The van der Waals surface area contributed by atoms with Crippen molar-refractivity contribution in [1.29, 1.82) is 0 Å². The average molecular weight is 181 g/mol. The minimum absolute atomic E-state index is 0.539. The summed E-state index contributed by atoms with van der Waals surface area (Å²) in [5, 5.41) is 0. The first-order chi connectivity index (χ1) is 6.24. The number of amides is 2. The van der Waals surface area contributed by atoms with Crippen molar-refractivity contribution in [2.75, 3.05) is 11.2 Å². The van der Waals surface area contributed by atoms with E-state index in [-0.39, 0.29) is 0 Å². The van der Waals surface area contributed by atoms with E-state index in [1.165, 1.54) is 0 Å². The second-order valence-electron chi connectivity index (χ2n) is 2.31. The van der Waals surface area contributed by atoms with E-state index in [4.69, 9.17) is 11.6 Å². The number of nitrogens with one attached hydrogen (secondary N) is 3.